The monoisotopic (exact) mass is 257 g/mol. The predicted molar refractivity (Wildman–Crippen MR) is 65.0 cm³/mol. The molecule has 1 aromatic rings. The van der Waals surface area contributed by atoms with Gasteiger partial charge in [-0.15, -0.1) is 0 Å². The minimum absolute atomic E-state index is 0.0490. The van der Waals surface area contributed by atoms with Gasteiger partial charge in [-0.1, -0.05) is 6.07 Å². The standard InChI is InChI=1S/C14H18F3N/c1-9-4-11(7-12(15)5-9)13(18)6-10-2-3-14(16,17)8-10/h4-5,7,10,13H,2-3,6,8,18H2,1H3. The maximum Gasteiger partial charge on any atom is 0.248 e. The zero-order chi connectivity index (χ0) is 13.3. The molecular formula is C14H18F3N. The Morgan fingerprint density at radius 1 is 1.39 bits per heavy atom. The van der Waals surface area contributed by atoms with Crippen LogP contribution in [0.3, 0.4) is 0 Å². The number of alkyl halides is 2. The molecule has 0 bridgehead atoms. The first-order valence-corrected chi connectivity index (χ1v) is 6.26. The summed E-state index contributed by atoms with van der Waals surface area (Å²) in [5.41, 5.74) is 7.49. The average molecular weight is 257 g/mol. The summed E-state index contributed by atoms with van der Waals surface area (Å²) in [6.07, 6.45) is 0.870. The summed E-state index contributed by atoms with van der Waals surface area (Å²) in [5.74, 6) is -2.92. The van der Waals surface area contributed by atoms with E-state index in [-0.39, 0.29) is 30.6 Å². The van der Waals surface area contributed by atoms with Crippen molar-refractivity contribution in [3.8, 4) is 0 Å². The Hall–Kier alpha value is -1.03. The van der Waals surface area contributed by atoms with Crippen molar-refractivity contribution in [3.63, 3.8) is 0 Å². The molecule has 4 heteroatoms. The Balaban J connectivity index is 2.01. The lowest BCUT2D eigenvalue weighted by Crippen LogP contribution is -2.16. The van der Waals surface area contributed by atoms with E-state index in [1.54, 1.807) is 6.92 Å². The molecule has 0 aliphatic heterocycles. The molecule has 2 N–H and O–H groups in total. The normalized spacial score (nSPS) is 24.2. The van der Waals surface area contributed by atoms with Crippen molar-refractivity contribution in [3.05, 3.63) is 35.1 Å². The lowest BCUT2D eigenvalue weighted by Gasteiger charge is -2.17. The summed E-state index contributed by atoms with van der Waals surface area (Å²) in [4.78, 5) is 0. The van der Waals surface area contributed by atoms with E-state index < -0.39 is 5.92 Å². The van der Waals surface area contributed by atoms with Crippen LogP contribution in [0.4, 0.5) is 13.2 Å². The van der Waals surface area contributed by atoms with Gasteiger partial charge in [0.05, 0.1) is 0 Å². The fourth-order valence-corrected chi connectivity index (χ4v) is 2.72. The first-order valence-electron chi connectivity index (χ1n) is 6.26. The van der Waals surface area contributed by atoms with Gasteiger partial charge in [-0.2, -0.15) is 0 Å². The van der Waals surface area contributed by atoms with Crippen LogP contribution in [0.15, 0.2) is 18.2 Å². The van der Waals surface area contributed by atoms with Crippen molar-refractivity contribution < 1.29 is 13.2 Å². The molecule has 1 aromatic carbocycles. The molecule has 2 unspecified atom stereocenters. The minimum atomic E-state index is -2.54. The summed E-state index contributed by atoms with van der Waals surface area (Å²) >= 11 is 0. The fraction of sp³-hybridized carbons (Fsp3) is 0.571. The maximum atomic E-state index is 13.2. The zero-order valence-electron chi connectivity index (χ0n) is 10.4. The molecular weight excluding hydrogens is 239 g/mol. The second-order valence-electron chi connectivity index (χ2n) is 5.37. The van der Waals surface area contributed by atoms with Crippen LogP contribution in [0.25, 0.3) is 0 Å². The number of halogens is 3. The van der Waals surface area contributed by atoms with Crippen LogP contribution < -0.4 is 5.73 Å². The third-order valence-corrected chi connectivity index (χ3v) is 3.59. The van der Waals surface area contributed by atoms with E-state index in [9.17, 15) is 13.2 Å². The molecule has 0 radical (unpaired) electrons. The van der Waals surface area contributed by atoms with Gasteiger partial charge in [0, 0.05) is 18.9 Å². The van der Waals surface area contributed by atoms with E-state index in [0.29, 0.717) is 18.4 Å². The third kappa shape index (κ3) is 3.25. The number of aryl methyl sites for hydroxylation is 1. The first kappa shape index (κ1) is 13.4. The van der Waals surface area contributed by atoms with Gasteiger partial charge in [0.2, 0.25) is 5.92 Å². The number of hydrogen-bond acceptors (Lipinski definition) is 1. The number of nitrogens with two attached hydrogens (primary N) is 1. The van der Waals surface area contributed by atoms with Gasteiger partial charge in [0.15, 0.2) is 0 Å². The third-order valence-electron chi connectivity index (χ3n) is 3.59. The van der Waals surface area contributed by atoms with Gasteiger partial charge in [0.1, 0.15) is 5.82 Å². The average Bonchev–Trinajstić information content (AvgIpc) is 2.56. The molecule has 2 atom stereocenters. The molecule has 100 valence electrons. The van der Waals surface area contributed by atoms with Crippen LogP contribution in [0.2, 0.25) is 0 Å². The first-order chi connectivity index (χ1) is 8.35. The summed E-state index contributed by atoms with van der Waals surface area (Å²) in [7, 11) is 0. The highest BCUT2D eigenvalue weighted by Crippen LogP contribution is 2.42. The molecule has 0 amide bonds. The van der Waals surface area contributed by atoms with Crippen molar-refractivity contribution in [2.45, 2.75) is 44.6 Å². The summed E-state index contributed by atoms with van der Waals surface area (Å²) in [6.45, 7) is 1.79. The van der Waals surface area contributed by atoms with E-state index in [1.807, 2.05) is 6.07 Å². The minimum Gasteiger partial charge on any atom is -0.324 e. The second-order valence-corrected chi connectivity index (χ2v) is 5.37. The molecule has 1 aliphatic rings. The quantitative estimate of drug-likeness (QED) is 0.871. The van der Waals surface area contributed by atoms with Gasteiger partial charge in [-0.25, -0.2) is 13.2 Å². The Morgan fingerprint density at radius 2 is 2.11 bits per heavy atom. The number of rotatable bonds is 3. The van der Waals surface area contributed by atoms with Crippen LogP contribution in [0.5, 0.6) is 0 Å². The van der Waals surface area contributed by atoms with E-state index in [2.05, 4.69) is 0 Å². The Kier molecular flexibility index (Phi) is 3.66. The molecule has 18 heavy (non-hydrogen) atoms. The van der Waals surface area contributed by atoms with E-state index in [0.717, 1.165) is 5.56 Å². The molecule has 1 nitrogen and oxygen atoms in total. The maximum absolute atomic E-state index is 13.2. The van der Waals surface area contributed by atoms with Crippen LogP contribution in [0.1, 0.15) is 42.9 Å². The highest BCUT2D eigenvalue weighted by molar-refractivity contribution is 5.26. The molecule has 0 saturated heterocycles. The van der Waals surface area contributed by atoms with Gasteiger partial charge in [-0.3, -0.25) is 0 Å². The molecule has 1 fully saturated rings. The van der Waals surface area contributed by atoms with Crippen LogP contribution in [0, 0.1) is 18.7 Å². The van der Waals surface area contributed by atoms with Crippen LogP contribution in [-0.2, 0) is 0 Å². The predicted octanol–water partition coefficient (Wildman–Crippen LogP) is 3.96. The molecule has 0 aromatic heterocycles. The fourth-order valence-electron chi connectivity index (χ4n) is 2.72. The topological polar surface area (TPSA) is 26.0 Å². The van der Waals surface area contributed by atoms with Crippen molar-refractivity contribution in [1.29, 1.82) is 0 Å². The van der Waals surface area contributed by atoms with Crippen molar-refractivity contribution >= 4 is 0 Å². The Labute approximate surface area is 105 Å². The summed E-state index contributed by atoms with van der Waals surface area (Å²) in [6, 6.07) is 4.28. The van der Waals surface area contributed by atoms with Crippen molar-refractivity contribution in [1.82, 2.24) is 0 Å². The van der Waals surface area contributed by atoms with Crippen molar-refractivity contribution in [2.24, 2.45) is 11.7 Å². The van der Waals surface area contributed by atoms with E-state index in [1.165, 1.54) is 12.1 Å². The van der Waals surface area contributed by atoms with Gasteiger partial charge in [-0.05, 0) is 48.9 Å². The lowest BCUT2D eigenvalue weighted by molar-refractivity contribution is 0.00446. The second kappa shape index (κ2) is 4.92. The number of benzene rings is 1. The Morgan fingerprint density at radius 3 is 2.67 bits per heavy atom. The van der Waals surface area contributed by atoms with Crippen molar-refractivity contribution in [2.75, 3.05) is 0 Å². The largest absolute Gasteiger partial charge is 0.324 e. The van der Waals surface area contributed by atoms with Crippen LogP contribution in [-0.4, -0.2) is 5.92 Å². The smallest absolute Gasteiger partial charge is 0.248 e. The van der Waals surface area contributed by atoms with E-state index >= 15 is 0 Å². The van der Waals surface area contributed by atoms with Crippen LogP contribution >= 0.6 is 0 Å². The molecule has 0 heterocycles. The SMILES string of the molecule is Cc1cc(F)cc(C(N)CC2CCC(F)(F)C2)c1. The molecule has 1 saturated carbocycles. The molecule has 2 rings (SSSR count). The van der Waals surface area contributed by atoms with Gasteiger partial charge >= 0.3 is 0 Å². The van der Waals surface area contributed by atoms with E-state index in [4.69, 9.17) is 5.73 Å². The lowest BCUT2D eigenvalue weighted by atomic mass is 9.93. The van der Waals surface area contributed by atoms with Gasteiger partial charge < -0.3 is 5.73 Å². The Bertz CT molecular complexity index is 411. The molecule has 0 spiro atoms. The number of hydrogen-bond donors (Lipinski definition) is 1. The summed E-state index contributed by atoms with van der Waals surface area (Å²) < 4.78 is 39.4. The highest BCUT2D eigenvalue weighted by atomic mass is 19.3. The molecule has 1 aliphatic carbocycles. The summed E-state index contributed by atoms with van der Waals surface area (Å²) in [5, 5.41) is 0. The van der Waals surface area contributed by atoms with Gasteiger partial charge in [0.25, 0.3) is 0 Å². The highest BCUT2D eigenvalue weighted by Gasteiger charge is 2.39. The zero-order valence-corrected chi connectivity index (χ0v) is 10.4.